The lowest BCUT2D eigenvalue weighted by atomic mass is 9.97. The molecule has 0 heterocycles. The molecule has 0 unspecified atom stereocenters. The standard InChI is InChI=1S/C18H31NO2/c1-4-7-8-13-21-17-11-9-16(10-12-17)14-19-15-18(20,5-2)6-3/h9-12,19-20H,4-8,13-15H2,1-3H3. The van der Waals surface area contributed by atoms with Crippen molar-refractivity contribution >= 4 is 0 Å². The highest BCUT2D eigenvalue weighted by Crippen LogP contribution is 2.15. The molecule has 21 heavy (non-hydrogen) atoms. The average Bonchev–Trinajstić information content (AvgIpc) is 2.53. The summed E-state index contributed by atoms with van der Waals surface area (Å²) in [4.78, 5) is 0. The summed E-state index contributed by atoms with van der Waals surface area (Å²) in [5, 5.41) is 13.5. The molecule has 2 N–H and O–H groups in total. The van der Waals surface area contributed by atoms with Gasteiger partial charge in [-0.15, -0.1) is 0 Å². The van der Waals surface area contributed by atoms with E-state index in [4.69, 9.17) is 4.74 Å². The molecular weight excluding hydrogens is 262 g/mol. The Labute approximate surface area is 129 Å². The molecule has 3 heteroatoms. The number of unbranched alkanes of at least 4 members (excludes halogenated alkanes) is 2. The molecule has 1 aromatic carbocycles. The van der Waals surface area contributed by atoms with Crippen LogP contribution in [-0.2, 0) is 6.54 Å². The van der Waals surface area contributed by atoms with Gasteiger partial charge in [0.05, 0.1) is 12.2 Å². The number of rotatable bonds is 11. The van der Waals surface area contributed by atoms with Crippen LogP contribution in [-0.4, -0.2) is 23.9 Å². The van der Waals surface area contributed by atoms with Crippen LogP contribution in [0, 0.1) is 0 Å². The molecule has 0 spiro atoms. The van der Waals surface area contributed by atoms with E-state index in [0.717, 1.165) is 38.2 Å². The van der Waals surface area contributed by atoms with Crippen LogP contribution in [0.5, 0.6) is 5.75 Å². The maximum Gasteiger partial charge on any atom is 0.119 e. The van der Waals surface area contributed by atoms with Crippen LogP contribution in [0.25, 0.3) is 0 Å². The number of aliphatic hydroxyl groups is 1. The first-order valence-corrected chi connectivity index (χ1v) is 8.28. The second-order valence-electron chi connectivity index (χ2n) is 5.73. The minimum absolute atomic E-state index is 0.581. The fourth-order valence-electron chi connectivity index (χ4n) is 2.19. The molecule has 0 bridgehead atoms. The summed E-state index contributed by atoms with van der Waals surface area (Å²) < 4.78 is 5.70. The molecule has 0 aliphatic rings. The Hall–Kier alpha value is -1.06. The van der Waals surface area contributed by atoms with Gasteiger partial charge in [-0.2, -0.15) is 0 Å². The average molecular weight is 293 g/mol. The number of ether oxygens (including phenoxy) is 1. The van der Waals surface area contributed by atoms with E-state index in [1.165, 1.54) is 18.4 Å². The highest BCUT2D eigenvalue weighted by Gasteiger charge is 2.20. The third-order valence-electron chi connectivity index (χ3n) is 4.04. The van der Waals surface area contributed by atoms with Gasteiger partial charge in [0, 0.05) is 13.1 Å². The Kier molecular flexibility index (Phi) is 8.40. The zero-order valence-electron chi connectivity index (χ0n) is 13.8. The van der Waals surface area contributed by atoms with Crippen LogP contribution >= 0.6 is 0 Å². The van der Waals surface area contributed by atoms with Gasteiger partial charge < -0.3 is 15.2 Å². The van der Waals surface area contributed by atoms with Gasteiger partial charge in [-0.05, 0) is 37.0 Å². The third-order valence-corrected chi connectivity index (χ3v) is 4.04. The fraction of sp³-hybridized carbons (Fsp3) is 0.667. The van der Waals surface area contributed by atoms with E-state index in [1.54, 1.807) is 0 Å². The molecule has 3 nitrogen and oxygen atoms in total. The van der Waals surface area contributed by atoms with Crippen molar-refractivity contribution in [2.45, 2.75) is 65.0 Å². The number of hydrogen-bond acceptors (Lipinski definition) is 3. The minimum Gasteiger partial charge on any atom is -0.494 e. The predicted molar refractivity (Wildman–Crippen MR) is 88.7 cm³/mol. The Balaban J connectivity index is 2.31. The second kappa shape index (κ2) is 9.80. The molecule has 0 aliphatic carbocycles. The van der Waals surface area contributed by atoms with Crippen molar-refractivity contribution in [1.82, 2.24) is 5.32 Å². The molecule has 0 saturated heterocycles. The minimum atomic E-state index is -0.581. The fourth-order valence-corrected chi connectivity index (χ4v) is 2.19. The van der Waals surface area contributed by atoms with E-state index >= 15 is 0 Å². The molecule has 1 rings (SSSR count). The van der Waals surface area contributed by atoms with Crippen molar-refractivity contribution in [1.29, 1.82) is 0 Å². The van der Waals surface area contributed by atoms with Gasteiger partial charge in [-0.3, -0.25) is 0 Å². The highest BCUT2D eigenvalue weighted by molar-refractivity contribution is 5.27. The van der Waals surface area contributed by atoms with Crippen LogP contribution < -0.4 is 10.1 Å². The van der Waals surface area contributed by atoms with Gasteiger partial charge in [-0.1, -0.05) is 45.7 Å². The lowest BCUT2D eigenvalue weighted by Gasteiger charge is -2.25. The zero-order chi connectivity index (χ0) is 15.6. The van der Waals surface area contributed by atoms with Crippen molar-refractivity contribution in [2.24, 2.45) is 0 Å². The maximum absolute atomic E-state index is 10.2. The topological polar surface area (TPSA) is 41.5 Å². The zero-order valence-corrected chi connectivity index (χ0v) is 13.8. The lowest BCUT2D eigenvalue weighted by Crippen LogP contribution is -2.39. The smallest absolute Gasteiger partial charge is 0.119 e. The van der Waals surface area contributed by atoms with Gasteiger partial charge in [-0.25, -0.2) is 0 Å². The van der Waals surface area contributed by atoms with Gasteiger partial charge >= 0.3 is 0 Å². The molecule has 0 saturated carbocycles. The van der Waals surface area contributed by atoms with Gasteiger partial charge in [0.15, 0.2) is 0 Å². The Morgan fingerprint density at radius 2 is 1.71 bits per heavy atom. The van der Waals surface area contributed by atoms with E-state index in [0.29, 0.717) is 6.54 Å². The SMILES string of the molecule is CCCCCOc1ccc(CNCC(O)(CC)CC)cc1. The van der Waals surface area contributed by atoms with Crippen LogP contribution in [0.1, 0.15) is 58.4 Å². The van der Waals surface area contributed by atoms with Crippen molar-refractivity contribution in [3.05, 3.63) is 29.8 Å². The number of nitrogens with one attached hydrogen (secondary N) is 1. The van der Waals surface area contributed by atoms with E-state index in [-0.39, 0.29) is 0 Å². The molecule has 1 aromatic rings. The normalized spacial score (nSPS) is 11.6. The molecule has 0 aliphatic heterocycles. The van der Waals surface area contributed by atoms with Crippen LogP contribution in [0.15, 0.2) is 24.3 Å². The van der Waals surface area contributed by atoms with Crippen molar-refractivity contribution in [3.8, 4) is 5.75 Å². The molecule has 0 amide bonds. The second-order valence-corrected chi connectivity index (χ2v) is 5.73. The Morgan fingerprint density at radius 3 is 2.29 bits per heavy atom. The largest absolute Gasteiger partial charge is 0.494 e. The Morgan fingerprint density at radius 1 is 1.05 bits per heavy atom. The highest BCUT2D eigenvalue weighted by atomic mass is 16.5. The first kappa shape index (κ1) is 18.0. The van der Waals surface area contributed by atoms with Crippen molar-refractivity contribution in [2.75, 3.05) is 13.2 Å². The van der Waals surface area contributed by atoms with Gasteiger partial charge in [0.25, 0.3) is 0 Å². The first-order chi connectivity index (χ1) is 10.1. The molecule has 0 atom stereocenters. The van der Waals surface area contributed by atoms with Crippen LogP contribution in [0.4, 0.5) is 0 Å². The summed E-state index contributed by atoms with van der Waals surface area (Å²) in [6, 6.07) is 8.21. The summed E-state index contributed by atoms with van der Waals surface area (Å²) in [6.45, 7) is 8.45. The first-order valence-electron chi connectivity index (χ1n) is 8.28. The Bertz CT molecular complexity index is 371. The van der Waals surface area contributed by atoms with Gasteiger partial charge in [0.2, 0.25) is 0 Å². The predicted octanol–water partition coefficient (Wildman–Crippen LogP) is 3.90. The van der Waals surface area contributed by atoms with E-state index in [9.17, 15) is 5.11 Å². The molecule has 120 valence electrons. The lowest BCUT2D eigenvalue weighted by molar-refractivity contribution is 0.0323. The number of benzene rings is 1. The molecular formula is C18H31NO2. The monoisotopic (exact) mass is 293 g/mol. The third kappa shape index (κ3) is 6.96. The van der Waals surface area contributed by atoms with Crippen molar-refractivity contribution in [3.63, 3.8) is 0 Å². The summed E-state index contributed by atoms with van der Waals surface area (Å²) in [5.74, 6) is 0.938. The van der Waals surface area contributed by atoms with E-state index in [2.05, 4.69) is 24.4 Å². The maximum atomic E-state index is 10.2. The number of hydrogen-bond donors (Lipinski definition) is 2. The van der Waals surface area contributed by atoms with E-state index in [1.807, 2.05) is 26.0 Å². The summed E-state index contributed by atoms with van der Waals surface area (Å²) in [5.41, 5.74) is 0.632. The molecule has 0 aromatic heterocycles. The van der Waals surface area contributed by atoms with Gasteiger partial charge in [0.1, 0.15) is 5.75 Å². The quantitative estimate of drug-likeness (QED) is 0.608. The van der Waals surface area contributed by atoms with E-state index < -0.39 is 5.60 Å². The summed E-state index contributed by atoms with van der Waals surface area (Å²) >= 11 is 0. The summed E-state index contributed by atoms with van der Waals surface area (Å²) in [6.07, 6.45) is 5.12. The van der Waals surface area contributed by atoms with Crippen LogP contribution in [0.2, 0.25) is 0 Å². The molecule has 0 fully saturated rings. The van der Waals surface area contributed by atoms with Crippen LogP contribution in [0.3, 0.4) is 0 Å². The molecule has 0 radical (unpaired) electrons. The summed E-state index contributed by atoms with van der Waals surface area (Å²) in [7, 11) is 0. The van der Waals surface area contributed by atoms with Crippen molar-refractivity contribution < 1.29 is 9.84 Å².